The molecule has 0 spiro atoms. The molecular weight excluding hydrogens is 376 g/mol. The topological polar surface area (TPSA) is 59.9 Å². The first-order valence-electron chi connectivity index (χ1n) is 9.02. The Balaban J connectivity index is 2.06. The number of amides is 1. The van der Waals surface area contributed by atoms with Crippen LogP contribution in [0.1, 0.15) is 29.2 Å². The molecule has 0 aliphatic carbocycles. The highest BCUT2D eigenvalue weighted by atomic mass is 35.5. The van der Waals surface area contributed by atoms with Gasteiger partial charge in [0.15, 0.2) is 11.5 Å². The summed E-state index contributed by atoms with van der Waals surface area (Å²) in [5.74, 6) is 0.782. The minimum Gasteiger partial charge on any atom is -0.490 e. The molecule has 0 aromatic heterocycles. The zero-order valence-corrected chi connectivity index (χ0v) is 17.2. The van der Waals surface area contributed by atoms with E-state index in [9.17, 15) is 4.79 Å². The molecule has 0 unspecified atom stereocenters. The monoisotopic (exact) mass is 400 g/mol. The minimum absolute atomic E-state index is 0.190. The second-order valence-electron chi connectivity index (χ2n) is 6.26. The molecule has 0 heterocycles. The van der Waals surface area contributed by atoms with Crippen molar-refractivity contribution in [1.29, 1.82) is 0 Å². The van der Waals surface area contributed by atoms with Gasteiger partial charge < -0.3 is 9.47 Å². The van der Waals surface area contributed by atoms with Gasteiger partial charge in [-0.1, -0.05) is 48.0 Å². The molecule has 148 valence electrons. The van der Waals surface area contributed by atoms with Gasteiger partial charge in [-0.25, -0.2) is 5.43 Å². The number of halogens is 1. The van der Waals surface area contributed by atoms with Crippen LogP contribution in [0.2, 0.25) is 5.02 Å². The molecule has 2 aromatic rings. The van der Waals surface area contributed by atoms with Crippen LogP contribution in [0.15, 0.2) is 48.1 Å². The van der Waals surface area contributed by atoms with Gasteiger partial charge in [-0.3, -0.25) is 4.79 Å². The Morgan fingerprint density at radius 1 is 1.25 bits per heavy atom. The number of nitrogens with one attached hydrogen (secondary N) is 1. The molecule has 0 fully saturated rings. The molecule has 0 bridgehead atoms. The number of hydrogen-bond acceptors (Lipinski definition) is 4. The molecule has 5 nitrogen and oxygen atoms in total. The second-order valence-corrected chi connectivity index (χ2v) is 6.67. The molecular formula is C22H25ClN2O3. The summed E-state index contributed by atoms with van der Waals surface area (Å²) in [5, 5.41) is 4.42. The average Bonchev–Trinajstić information content (AvgIpc) is 2.64. The van der Waals surface area contributed by atoms with Gasteiger partial charge in [-0.05, 0) is 49.6 Å². The number of benzene rings is 2. The smallest absolute Gasteiger partial charge is 0.244 e. The van der Waals surface area contributed by atoms with Crippen LogP contribution in [-0.2, 0) is 11.2 Å². The van der Waals surface area contributed by atoms with Crippen molar-refractivity contribution in [3.63, 3.8) is 0 Å². The van der Waals surface area contributed by atoms with Crippen LogP contribution in [0.3, 0.4) is 0 Å². The van der Waals surface area contributed by atoms with E-state index in [1.165, 1.54) is 11.8 Å². The summed E-state index contributed by atoms with van der Waals surface area (Å²) in [6.07, 6.45) is 3.42. The third-order valence-corrected chi connectivity index (χ3v) is 4.21. The highest BCUT2D eigenvalue weighted by Gasteiger charge is 2.12. The summed E-state index contributed by atoms with van der Waals surface area (Å²) < 4.78 is 11.2. The molecule has 0 radical (unpaired) electrons. The van der Waals surface area contributed by atoms with Crippen LogP contribution in [0.4, 0.5) is 0 Å². The molecule has 2 rings (SSSR count). The Morgan fingerprint density at radius 2 is 2.04 bits per heavy atom. The normalized spacial score (nSPS) is 10.7. The van der Waals surface area contributed by atoms with Gasteiger partial charge in [0.25, 0.3) is 0 Å². The third kappa shape index (κ3) is 6.13. The fraction of sp³-hybridized carbons (Fsp3) is 0.273. The fourth-order valence-corrected chi connectivity index (χ4v) is 2.92. The first-order chi connectivity index (χ1) is 13.4. The van der Waals surface area contributed by atoms with Gasteiger partial charge in [0.2, 0.25) is 5.91 Å². The van der Waals surface area contributed by atoms with Gasteiger partial charge in [-0.15, -0.1) is 0 Å². The molecule has 2 aromatic carbocycles. The van der Waals surface area contributed by atoms with Crippen molar-refractivity contribution in [1.82, 2.24) is 5.43 Å². The maximum atomic E-state index is 12.1. The van der Waals surface area contributed by atoms with E-state index < -0.39 is 0 Å². The van der Waals surface area contributed by atoms with Crippen LogP contribution in [-0.4, -0.2) is 25.3 Å². The van der Waals surface area contributed by atoms with E-state index in [1.807, 2.05) is 32.9 Å². The minimum atomic E-state index is -0.190. The number of aryl methyl sites for hydroxylation is 2. The Kier molecular flexibility index (Phi) is 8.08. The molecule has 0 aliphatic heterocycles. The Bertz CT molecular complexity index is 878. The van der Waals surface area contributed by atoms with Crippen molar-refractivity contribution < 1.29 is 14.3 Å². The molecule has 0 atom stereocenters. The van der Waals surface area contributed by atoms with Crippen LogP contribution >= 0.6 is 11.6 Å². The van der Waals surface area contributed by atoms with Gasteiger partial charge in [-0.2, -0.15) is 5.10 Å². The summed E-state index contributed by atoms with van der Waals surface area (Å²) in [5.41, 5.74) is 6.46. The van der Waals surface area contributed by atoms with Gasteiger partial charge in [0.05, 0.1) is 24.3 Å². The van der Waals surface area contributed by atoms with Crippen molar-refractivity contribution in [3.8, 4) is 11.5 Å². The van der Waals surface area contributed by atoms with E-state index in [0.29, 0.717) is 35.3 Å². The highest BCUT2D eigenvalue weighted by Crippen LogP contribution is 2.36. The highest BCUT2D eigenvalue weighted by molar-refractivity contribution is 6.32. The molecule has 1 N–H and O–H groups in total. The third-order valence-electron chi connectivity index (χ3n) is 3.93. The van der Waals surface area contributed by atoms with E-state index in [4.69, 9.17) is 21.1 Å². The first-order valence-corrected chi connectivity index (χ1v) is 9.40. The summed E-state index contributed by atoms with van der Waals surface area (Å²) in [6, 6.07) is 9.46. The average molecular weight is 401 g/mol. The Labute approximate surface area is 171 Å². The Morgan fingerprint density at radius 3 is 2.71 bits per heavy atom. The van der Waals surface area contributed by atoms with Crippen LogP contribution in [0.5, 0.6) is 11.5 Å². The van der Waals surface area contributed by atoms with Gasteiger partial charge in [0.1, 0.15) is 6.61 Å². The lowest BCUT2D eigenvalue weighted by Crippen LogP contribution is -2.20. The fourth-order valence-electron chi connectivity index (χ4n) is 2.64. The SMILES string of the molecule is C=CCOc1c(Cl)cc(/C=N/NC(=O)Cc2ccc(C)cc2C)cc1OCC. The van der Waals surface area contributed by atoms with E-state index in [2.05, 4.69) is 23.2 Å². The maximum Gasteiger partial charge on any atom is 0.244 e. The standard InChI is InChI=1S/C22H25ClN2O3/c1-5-9-28-22-19(23)11-17(12-20(22)27-6-2)14-24-25-21(26)13-18-8-7-15(3)10-16(18)4/h5,7-8,10-12,14H,1,6,9,13H2,2-4H3,(H,25,26)/b24-14+. The number of hydrogen-bond donors (Lipinski definition) is 1. The lowest BCUT2D eigenvalue weighted by molar-refractivity contribution is -0.120. The number of carbonyl (C=O) groups is 1. The number of rotatable bonds is 9. The van der Waals surface area contributed by atoms with Crippen LogP contribution in [0, 0.1) is 13.8 Å². The Hall–Kier alpha value is -2.79. The molecule has 28 heavy (non-hydrogen) atoms. The van der Waals surface area contributed by atoms with Crippen molar-refractivity contribution in [2.45, 2.75) is 27.2 Å². The molecule has 0 saturated carbocycles. The van der Waals surface area contributed by atoms with Gasteiger partial charge in [0, 0.05) is 0 Å². The summed E-state index contributed by atoms with van der Waals surface area (Å²) in [4.78, 5) is 12.1. The number of hydrazone groups is 1. The van der Waals surface area contributed by atoms with Crippen molar-refractivity contribution in [3.05, 3.63) is 70.3 Å². The summed E-state index contributed by atoms with van der Waals surface area (Å²) in [6.45, 7) is 10.3. The number of carbonyl (C=O) groups excluding carboxylic acids is 1. The molecule has 0 saturated heterocycles. The largest absolute Gasteiger partial charge is 0.490 e. The van der Waals surface area contributed by atoms with Gasteiger partial charge >= 0.3 is 0 Å². The summed E-state index contributed by atoms with van der Waals surface area (Å²) in [7, 11) is 0. The predicted octanol–water partition coefficient (Wildman–Crippen LogP) is 4.61. The van der Waals surface area contributed by atoms with E-state index in [0.717, 1.165) is 11.1 Å². The quantitative estimate of drug-likeness (QED) is 0.379. The second kappa shape index (κ2) is 10.5. The van der Waals surface area contributed by atoms with Crippen LogP contribution in [0.25, 0.3) is 0 Å². The predicted molar refractivity (Wildman–Crippen MR) is 114 cm³/mol. The molecule has 0 aliphatic rings. The van der Waals surface area contributed by atoms with E-state index in [-0.39, 0.29) is 12.3 Å². The van der Waals surface area contributed by atoms with Crippen LogP contribution < -0.4 is 14.9 Å². The lowest BCUT2D eigenvalue weighted by atomic mass is 10.0. The van der Waals surface area contributed by atoms with Crippen molar-refractivity contribution >= 4 is 23.7 Å². The molecule has 6 heteroatoms. The number of nitrogens with zero attached hydrogens (tertiary/aromatic N) is 1. The van der Waals surface area contributed by atoms with E-state index in [1.54, 1.807) is 18.2 Å². The number of ether oxygens (including phenoxy) is 2. The zero-order valence-electron chi connectivity index (χ0n) is 16.4. The summed E-state index contributed by atoms with van der Waals surface area (Å²) >= 11 is 6.30. The molecule has 1 amide bonds. The lowest BCUT2D eigenvalue weighted by Gasteiger charge is -2.13. The van der Waals surface area contributed by atoms with Crippen molar-refractivity contribution in [2.24, 2.45) is 5.10 Å². The van der Waals surface area contributed by atoms with Crippen molar-refractivity contribution in [2.75, 3.05) is 13.2 Å². The zero-order chi connectivity index (χ0) is 20.5. The first kappa shape index (κ1) is 21.5. The maximum absolute atomic E-state index is 12.1. The van der Waals surface area contributed by atoms with E-state index >= 15 is 0 Å².